The second kappa shape index (κ2) is 8.03. The zero-order valence-electron chi connectivity index (χ0n) is 16.5. The van der Waals surface area contributed by atoms with Gasteiger partial charge in [-0.1, -0.05) is 18.2 Å². The van der Waals surface area contributed by atoms with Crippen LogP contribution < -0.4 is 15.7 Å². The molecule has 29 heavy (non-hydrogen) atoms. The Hall–Kier alpha value is -3.22. The molecule has 1 aromatic carbocycles. The van der Waals surface area contributed by atoms with Crippen LogP contribution in [0.1, 0.15) is 47.4 Å². The molecule has 2 aromatic heterocycles. The first-order valence-electron chi connectivity index (χ1n) is 9.80. The fourth-order valence-electron chi connectivity index (χ4n) is 3.70. The third-order valence-electron chi connectivity index (χ3n) is 5.13. The average molecular weight is 393 g/mol. The number of para-hydroxylation sites is 1. The van der Waals surface area contributed by atoms with Crippen molar-refractivity contribution >= 4 is 16.9 Å². The van der Waals surface area contributed by atoms with E-state index in [0.29, 0.717) is 11.6 Å². The van der Waals surface area contributed by atoms with E-state index in [-0.39, 0.29) is 17.7 Å². The third kappa shape index (κ3) is 4.45. The van der Waals surface area contributed by atoms with Crippen molar-refractivity contribution in [2.24, 2.45) is 0 Å². The van der Waals surface area contributed by atoms with Gasteiger partial charge in [0, 0.05) is 22.8 Å². The van der Waals surface area contributed by atoms with Gasteiger partial charge in [0.2, 0.25) is 0 Å². The van der Waals surface area contributed by atoms with Crippen molar-refractivity contribution in [2.45, 2.75) is 51.7 Å². The first-order chi connectivity index (χ1) is 14.0. The molecule has 1 aliphatic rings. The van der Waals surface area contributed by atoms with Gasteiger partial charge in [0.25, 0.3) is 5.91 Å². The van der Waals surface area contributed by atoms with E-state index in [1.807, 2.05) is 32.0 Å². The van der Waals surface area contributed by atoms with Crippen LogP contribution in [0.4, 0.5) is 0 Å². The number of nitrogens with zero attached hydrogens (tertiary/aromatic N) is 2. The zero-order valence-corrected chi connectivity index (χ0v) is 16.5. The van der Waals surface area contributed by atoms with E-state index in [9.17, 15) is 9.59 Å². The van der Waals surface area contributed by atoms with Crippen molar-refractivity contribution in [1.82, 2.24) is 15.3 Å². The summed E-state index contributed by atoms with van der Waals surface area (Å²) in [5.74, 6) is -0.397. The first-order valence-corrected chi connectivity index (χ1v) is 9.80. The van der Waals surface area contributed by atoms with Crippen molar-refractivity contribution in [3.8, 4) is 6.01 Å². The maximum Gasteiger partial charge on any atom is 0.349 e. The predicted molar refractivity (Wildman–Crippen MR) is 108 cm³/mol. The lowest BCUT2D eigenvalue weighted by molar-refractivity contribution is 0.0881. The van der Waals surface area contributed by atoms with E-state index in [1.54, 1.807) is 18.2 Å². The largest absolute Gasteiger partial charge is 0.460 e. The van der Waals surface area contributed by atoms with Gasteiger partial charge >= 0.3 is 11.6 Å². The Kier molecular flexibility index (Phi) is 5.29. The number of aromatic nitrogens is 2. The maximum absolute atomic E-state index is 12.6. The van der Waals surface area contributed by atoms with Gasteiger partial charge in [-0.3, -0.25) is 4.79 Å². The second-order valence-corrected chi connectivity index (χ2v) is 7.48. The van der Waals surface area contributed by atoms with Gasteiger partial charge < -0.3 is 14.5 Å². The van der Waals surface area contributed by atoms with E-state index < -0.39 is 11.5 Å². The number of carbonyl (C=O) groups excluding carboxylic acids is 1. The summed E-state index contributed by atoms with van der Waals surface area (Å²) in [6, 6.07) is 11.0. The minimum atomic E-state index is -0.620. The molecule has 0 unspecified atom stereocenters. The molecule has 1 saturated carbocycles. The number of aryl methyl sites for hydroxylation is 2. The van der Waals surface area contributed by atoms with Crippen molar-refractivity contribution in [1.29, 1.82) is 0 Å². The summed E-state index contributed by atoms with van der Waals surface area (Å²) in [5, 5.41) is 3.68. The van der Waals surface area contributed by atoms with Crippen LogP contribution in [0.15, 0.2) is 45.6 Å². The van der Waals surface area contributed by atoms with Crippen LogP contribution in [0.5, 0.6) is 6.01 Å². The number of amides is 1. The SMILES string of the molecule is Cc1cc(C)nc(OC2CCC(NC(=O)c3cc4ccccc4oc3=O)CC2)n1. The number of rotatable bonds is 4. The highest BCUT2D eigenvalue weighted by atomic mass is 16.5. The molecule has 0 saturated heterocycles. The fraction of sp³-hybridized carbons (Fsp3) is 0.364. The Balaban J connectivity index is 1.36. The molecule has 4 rings (SSSR count). The number of nitrogens with one attached hydrogen (secondary N) is 1. The summed E-state index contributed by atoms with van der Waals surface area (Å²) >= 11 is 0. The summed E-state index contributed by atoms with van der Waals surface area (Å²) < 4.78 is 11.2. The topological polar surface area (TPSA) is 94.3 Å². The van der Waals surface area contributed by atoms with Crippen molar-refractivity contribution in [3.05, 3.63) is 63.8 Å². The molecule has 1 fully saturated rings. The first kappa shape index (κ1) is 19.1. The molecule has 1 aliphatic carbocycles. The molecular weight excluding hydrogens is 370 g/mol. The number of hydrogen-bond donors (Lipinski definition) is 1. The summed E-state index contributed by atoms with van der Waals surface area (Å²) in [4.78, 5) is 33.4. The number of ether oxygens (including phenoxy) is 1. The van der Waals surface area contributed by atoms with Crippen LogP contribution in [0.2, 0.25) is 0 Å². The quantitative estimate of drug-likeness (QED) is 0.684. The summed E-state index contributed by atoms with van der Waals surface area (Å²) in [7, 11) is 0. The molecule has 0 radical (unpaired) electrons. The lowest BCUT2D eigenvalue weighted by atomic mass is 9.93. The Morgan fingerprint density at radius 1 is 1.07 bits per heavy atom. The summed E-state index contributed by atoms with van der Waals surface area (Å²) in [5.41, 5.74) is 1.64. The number of carbonyl (C=O) groups is 1. The number of benzene rings is 1. The molecule has 1 amide bonds. The molecule has 0 aliphatic heterocycles. The van der Waals surface area contributed by atoms with Gasteiger partial charge in [0.15, 0.2) is 0 Å². The Bertz CT molecular complexity index is 1080. The van der Waals surface area contributed by atoms with Crippen molar-refractivity contribution in [3.63, 3.8) is 0 Å². The molecule has 7 nitrogen and oxygen atoms in total. The fourth-order valence-corrected chi connectivity index (χ4v) is 3.70. The molecule has 0 atom stereocenters. The van der Waals surface area contributed by atoms with Crippen LogP contribution in [0, 0.1) is 13.8 Å². The third-order valence-corrected chi connectivity index (χ3v) is 5.13. The molecule has 3 aromatic rings. The Morgan fingerprint density at radius 3 is 2.48 bits per heavy atom. The van der Waals surface area contributed by atoms with E-state index >= 15 is 0 Å². The van der Waals surface area contributed by atoms with Gasteiger partial charge in [-0.25, -0.2) is 14.8 Å². The highest BCUT2D eigenvalue weighted by molar-refractivity contribution is 5.96. The van der Waals surface area contributed by atoms with E-state index in [0.717, 1.165) is 42.5 Å². The molecule has 1 N–H and O–H groups in total. The van der Waals surface area contributed by atoms with E-state index in [1.165, 1.54) is 0 Å². The van der Waals surface area contributed by atoms with Crippen molar-refractivity contribution < 1.29 is 13.9 Å². The Labute approximate surface area is 168 Å². The lowest BCUT2D eigenvalue weighted by Crippen LogP contribution is -2.41. The summed E-state index contributed by atoms with van der Waals surface area (Å²) in [6.45, 7) is 3.83. The minimum absolute atomic E-state index is 0.00613. The maximum atomic E-state index is 12.6. The van der Waals surface area contributed by atoms with E-state index in [2.05, 4.69) is 15.3 Å². The van der Waals surface area contributed by atoms with Crippen LogP contribution in [-0.2, 0) is 0 Å². The van der Waals surface area contributed by atoms with Gasteiger partial charge in [0.05, 0.1) is 0 Å². The minimum Gasteiger partial charge on any atom is -0.460 e. The molecule has 0 bridgehead atoms. The van der Waals surface area contributed by atoms with Crippen LogP contribution >= 0.6 is 0 Å². The monoisotopic (exact) mass is 393 g/mol. The number of hydrogen-bond acceptors (Lipinski definition) is 6. The second-order valence-electron chi connectivity index (χ2n) is 7.48. The van der Waals surface area contributed by atoms with Crippen LogP contribution in [-0.4, -0.2) is 28.0 Å². The molecule has 150 valence electrons. The molecule has 2 heterocycles. The summed E-state index contributed by atoms with van der Waals surface area (Å²) in [6.07, 6.45) is 3.12. The van der Waals surface area contributed by atoms with Crippen molar-refractivity contribution in [2.75, 3.05) is 0 Å². The predicted octanol–water partition coefficient (Wildman–Crippen LogP) is 3.32. The standard InChI is InChI=1S/C22H23N3O4/c1-13-11-14(2)24-22(23-13)28-17-9-7-16(8-10-17)25-20(26)18-12-15-5-3-4-6-19(15)29-21(18)27/h3-6,11-12,16-17H,7-10H2,1-2H3,(H,25,26). The highest BCUT2D eigenvalue weighted by Gasteiger charge is 2.25. The zero-order chi connectivity index (χ0) is 20.4. The highest BCUT2D eigenvalue weighted by Crippen LogP contribution is 2.23. The smallest absolute Gasteiger partial charge is 0.349 e. The Morgan fingerprint density at radius 2 is 1.76 bits per heavy atom. The van der Waals surface area contributed by atoms with Crippen LogP contribution in [0.25, 0.3) is 11.0 Å². The van der Waals surface area contributed by atoms with Crippen LogP contribution in [0.3, 0.4) is 0 Å². The molecule has 0 spiro atoms. The lowest BCUT2D eigenvalue weighted by Gasteiger charge is -2.28. The van der Waals surface area contributed by atoms with Gasteiger partial charge in [-0.15, -0.1) is 0 Å². The molecule has 7 heteroatoms. The normalized spacial score (nSPS) is 19.1. The van der Waals surface area contributed by atoms with E-state index in [4.69, 9.17) is 9.15 Å². The average Bonchev–Trinajstić information content (AvgIpc) is 2.68. The molecular formula is C22H23N3O4. The number of fused-ring (bicyclic) bond motifs is 1. The van der Waals surface area contributed by atoms with Gasteiger partial charge in [-0.05, 0) is 57.7 Å². The van der Waals surface area contributed by atoms with Gasteiger partial charge in [0.1, 0.15) is 17.3 Å². The van der Waals surface area contributed by atoms with Gasteiger partial charge in [-0.2, -0.15) is 0 Å².